The molecule has 3 rings (SSSR count). The smallest absolute Gasteiger partial charge is 0.291 e. The Bertz CT molecular complexity index is 855. The highest BCUT2D eigenvalue weighted by Gasteiger charge is 2.30. The second-order valence-corrected chi connectivity index (χ2v) is 7.56. The molecule has 7 heteroatoms. The number of hydrogen-bond acceptors (Lipinski definition) is 4. The van der Waals surface area contributed by atoms with E-state index < -0.39 is 17.9 Å². The molecule has 2 aromatic rings. The largest absolute Gasteiger partial charge is 0.459 e. The van der Waals surface area contributed by atoms with Crippen LogP contribution in [0.3, 0.4) is 0 Å². The first-order chi connectivity index (χ1) is 14.0. The third-order valence-corrected chi connectivity index (χ3v) is 5.05. The summed E-state index contributed by atoms with van der Waals surface area (Å²) in [7, 11) is 0. The minimum atomic E-state index is -0.616. The number of nitrogens with zero attached hydrogens (tertiary/aromatic N) is 1. The SMILES string of the molecule is CC(C)C(NC(=O)c1ccccc1NC(=O)c1ccco1)C(=O)N1CCCCC1. The van der Waals surface area contributed by atoms with Crippen LogP contribution in [0.25, 0.3) is 0 Å². The van der Waals surface area contributed by atoms with Crippen molar-refractivity contribution in [3.05, 3.63) is 54.0 Å². The van der Waals surface area contributed by atoms with E-state index in [2.05, 4.69) is 10.6 Å². The topological polar surface area (TPSA) is 91.6 Å². The van der Waals surface area contributed by atoms with E-state index in [0.717, 1.165) is 32.4 Å². The molecule has 1 aromatic heterocycles. The van der Waals surface area contributed by atoms with Crippen molar-refractivity contribution in [2.75, 3.05) is 18.4 Å². The summed E-state index contributed by atoms with van der Waals surface area (Å²) in [5.74, 6) is -0.798. The van der Waals surface area contributed by atoms with Crippen molar-refractivity contribution >= 4 is 23.4 Å². The molecule has 1 saturated heterocycles. The van der Waals surface area contributed by atoms with E-state index in [-0.39, 0.29) is 17.6 Å². The molecule has 2 heterocycles. The number of furan rings is 1. The molecule has 29 heavy (non-hydrogen) atoms. The maximum atomic E-state index is 13.0. The van der Waals surface area contributed by atoms with Gasteiger partial charge in [-0.2, -0.15) is 0 Å². The molecule has 0 spiro atoms. The van der Waals surface area contributed by atoms with E-state index in [1.54, 1.807) is 36.4 Å². The predicted molar refractivity (Wildman–Crippen MR) is 110 cm³/mol. The number of anilines is 1. The third kappa shape index (κ3) is 5.04. The minimum Gasteiger partial charge on any atom is -0.459 e. The molecule has 2 N–H and O–H groups in total. The van der Waals surface area contributed by atoms with Gasteiger partial charge in [0, 0.05) is 13.1 Å². The molecule has 7 nitrogen and oxygen atoms in total. The van der Waals surface area contributed by atoms with Crippen LogP contribution in [0.5, 0.6) is 0 Å². The lowest BCUT2D eigenvalue weighted by Gasteiger charge is -2.32. The van der Waals surface area contributed by atoms with E-state index in [9.17, 15) is 14.4 Å². The monoisotopic (exact) mass is 397 g/mol. The molecule has 154 valence electrons. The summed E-state index contributed by atoms with van der Waals surface area (Å²) in [5, 5.41) is 5.57. The van der Waals surface area contributed by atoms with Crippen molar-refractivity contribution in [1.82, 2.24) is 10.2 Å². The minimum absolute atomic E-state index is 0.0508. The Labute approximate surface area is 170 Å². The molecule has 0 aliphatic carbocycles. The lowest BCUT2D eigenvalue weighted by Crippen LogP contribution is -2.52. The molecular weight excluding hydrogens is 370 g/mol. The summed E-state index contributed by atoms with van der Waals surface area (Å²) >= 11 is 0. The number of amides is 3. The maximum absolute atomic E-state index is 13.0. The number of benzene rings is 1. The first-order valence-electron chi connectivity index (χ1n) is 10.0. The fourth-order valence-corrected chi connectivity index (χ4v) is 3.43. The van der Waals surface area contributed by atoms with Crippen molar-refractivity contribution in [3.8, 4) is 0 Å². The van der Waals surface area contributed by atoms with Gasteiger partial charge in [0.25, 0.3) is 11.8 Å². The van der Waals surface area contributed by atoms with Gasteiger partial charge in [0.2, 0.25) is 5.91 Å². The maximum Gasteiger partial charge on any atom is 0.291 e. The van der Waals surface area contributed by atoms with Crippen molar-refractivity contribution in [2.24, 2.45) is 5.92 Å². The van der Waals surface area contributed by atoms with Crippen LogP contribution in [0.4, 0.5) is 5.69 Å². The Hall–Kier alpha value is -3.09. The molecule has 0 bridgehead atoms. The van der Waals surface area contributed by atoms with Crippen LogP contribution in [0.1, 0.15) is 54.0 Å². The quantitative estimate of drug-likeness (QED) is 0.782. The summed E-state index contributed by atoms with van der Waals surface area (Å²) < 4.78 is 5.10. The number of carbonyl (C=O) groups excluding carboxylic acids is 3. The average molecular weight is 397 g/mol. The molecular formula is C22H27N3O4. The second-order valence-electron chi connectivity index (χ2n) is 7.56. The van der Waals surface area contributed by atoms with E-state index in [4.69, 9.17) is 4.42 Å². The summed E-state index contributed by atoms with van der Waals surface area (Å²) in [6, 6.07) is 9.26. The summed E-state index contributed by atoms with van der Waals surface area (Å²) in [6.07, 6.45) is 4.52. The molecule has 1 aliphatic rings. The predicted octanol–water partition coefficient (Wildman–Crippen LogP) is 3.30. The van der Waals surface area contributed by atoms with E-state index in [1.165, 1.54) is 6.26 Å². The fraction of sp³-hybridized carbons (Fsp3) is 0.409. The van der Waals surface area contributed by atoms with Gasteiger partial charge in [0.15, 0.2) is 5.76 Å². The van der Waals surface area contributed by atoms with Crippen LogP contribution >= 0.6 is 0 Å². The van der Waals surface area contributed by atoms with E-state index >= 15 is 0 Å². The zero-order valence-corrected chi connectivity index (χ0v) is 16.8. The second kappa shape index (κ2) is 9.41. The van der Waals surface area contributed by atoms with Crippen LogP contribution in [0, 0.1) is 5.92 Å². The van der Waals surface area contributed by atoms with Gasteiger partial charge in [-0.3, -0.25) is 14.4 Å². The van der Waals surface area contributed by atoms with Gasteiger partial charge in [-0.25, -0.2) is 0 Å². The van der Waals surface area contributed by atoms with E-state index in [1.807, 2.05) is 18.7 Å². The van der Waals surface area contributed by atoms with Crippen molar-refractivity contribution < 1.29 is 18.8 Å². The standard InChI is InChI=1S/C22H27N3O4/c1-15(2)19(22(28)25-12-6-3-7-13-25)24-20(26)16-9-4-5-10-17(16)23-21(27)18-11-8-14-29-18/h4-5,8-11,14-15,19H,3,6-7,12-13H2,1-2H3,(H,23,27)(H,24,26). The van der Waals surface area contributed by atoms with Gasteiger partial charge in [-0.15, -0.1) is 0 Å². The molecule has 1 atom stereocenters. The Morgan fingerprint density at radius 1 is 0.966 bits per heavy atom. The Morgan fingerprint density at radius 3 is 2.34 bits per heavy atom. The molecule has 0 saturated carbocycles. The van der Waals surface area contributed by atoms with E-state index in [0.29, 0.717) is 11.3 Å². The Morgan fingerprint density at radius 2 is 1.69 bits per heavy atom. The lowest BCUT2D eigenvalue weighted by atomic mass is 10.00. The highest BCUT2D eigenvalue weighted by molar-refractivity contribution is 6.08. The van der Waals surface area contributed by atoms with Crippen LogP contribution in [0.15, 0.2) is 47.1 Å². The number of carbonyl (C=O) groups is 3. The number of likely N-dealkylation sites (tertiary alicyclic amines) is 1. The molecule has 1 unspecified atom stereocenters. The summed E-state index contributed by atoms with van der Waals surface area (Å²) in [6.45, 7) is 5.29. The highest BCUT2D eigenvalue weighted by atomic mass is 16.3. The van der Waals surface area contributed by atoms with Gasteiger partial charge in [-0.1, -0.05) is 26.0 Å². The first kappa shape index (κ1) is 20.6. The highest BCUT2D eigenvalue weighted by Crippen LogP contribution is 2.19. The number of para-hydroxylation sites is 1. The number of nitrogens with one attached hydrogen (secondary N) is 2. The van der Waals surface area contributed by atoms with Gasteiger partial charge < -0.3 is 20.0 Å². The Balaban J connectivity index is 1.75. The number of rotatable bonds is 6. The average Bonchev–Trinajstić information content (AvgIpc) is 3.27. The van der Waals surface area contributed by atoms with Crippen molar-refractivity contribution in [3.63, 3.8) is 0 Å². The van der Waals surface area contributed by atoms with Crippen molar-refractivity contribution in [1.29, 1.82) is 0 Å². The fourth-order valence-electron chi connectivity index (χ4n) is 3.43. The lowest BCUT2D eigenvalue weighted by molar-refractivity contribution is -0.135. The van der Waals surface area contributed by atoms with Gasteiger partial charge in [-0.05, 0) is 49.4 Å². The molecule has 1 fully saturated rings. The zero-order chi connectivity index (χ0) is 20.8. The van der Waals surface area contributed by atoms with Crippen LogP contribution < -0.4 is 10.6 Å². The first-order valence-corrected chi connectivity index (χ1v) is 10.0. The number of hydrogen-bond donors (Lipinski definition) is 2. The van der Waals surface area contributed by atoms with Crippen LogP contribution in [-0.2, 0) is 4.79 Å². The van der Waals surface area contributed by atoms with Gasteiger partial charge >= 0.3 is 0 Å². The van der Waals surface area contributed by atoms with Crippen molar-refractivity contribution in [2.45, 2.75) is 39.2 Å². The Kier molecular flexibility index (Phi) is 6.69. The molecule has 1 aromatic carbocycles. The van der Waals surface area contributed by atoms with Gasteiger partial charge in [0.1, 0.15) is 6.04 Å². The molecule has 0 radical (unpaired) electrons. The molecule has 3 amide bonds. The normalized spacial score (nSPS) is 15.1. The summed E-state index contributed by atoms with van der Waals surface area (Å²) in [5.41, 5.74) is 0.656. The summed E-state index contributed by atoms with van der Waals surface area (Å²) in [4.78, 5) is 40.1. The third-order valence-electron chi connectivity index (χ3n) is 5.05. The molecule has 1 aliphatic heterocycles. The number of piperidine rings is 1. The van der Waals surface area contributed by atoms with Gasteiger partial charge in [0.05, 0.1) is 17.5 Å². The zero-order valence-electron chi connectivity index (χ0n) is 16.8. The van der Waals surface area contributed by atoms with Crippen LogP contribution in [-0.4, -0.2) is 41.8 Å². The van der Waals surface area contributed by atoms with Crippen LogP contribution in [0.2, 0.25) is 0 Å².